The van der Waals surface area contributed by atoms with E-state index in [-0.39, 0.29) is 10.7 Å². The minimum Gasteiger partial charge on any atom is -0.351 e. The number of amides is 1. The number of hydrogen-bond donors (Lipinski definition) is 1. The van der Waals surface area contributed by atoms with Gasteiger partial charge in [0, 0.05) is 24.8 Å². The number of sulfonamides is 1. The van der Waals surface area contributed by atoms with Gasteiger partial charge in [-0.1, -0.05) is 35.5 Å². The van der Waals surface area contributed by atoms with E-state index < -0.39 is 15.9 Å². The van der Waals surface area contributed by atoms with E-state index in [1.165, 1.54) is 23.8 Å². The maximum absolute atomic E-state index is 13.0. The van der Waals surface area contributed by atoms with Crippen LogP contribution in [0, 0.1) is 12.8 Å². The van der Waals surface area contributed by atoms with Crippen LogP contribution in [0.5, 0.6) is 0 Å². The molecule has 162 valence electrons. The number of rotatable bonds is 6. The molecule has 0 saturated carbocycles. The lowest BCUT2D eigenvalue weighted by Crippen LogP contribution is -2.38. The molecule has 1 aliphatic heterocycles. The molecule has 2 aromatic carbocycles. The van der Waals surface area contributed by atoms with Crippen molar-refractivity contribution >= 4 is 21.6 Å². The molecule has 0 bridgehead atoms. The van der Waals surface area contributed by atoms with Gasteiger partial charge in [-0.3, -0.25) is 4.79 Å². The third-order valence-corrected chi connectivity index (χ3v) is 7.46. The molecule has 0 radical (unpaired) electrons. The second-order valence-electron chi connectivity index (χ2n) is 7.85. The van der Waals surface area contributed by atoms with Crippen molar-refractivity contribution in [2.75, 3.05) is 18.4 Å². The van der Waals surface area contributed by atoms with E-state index in [0.29, 0.717) is 30.4 Å². The summed E-state index contributed by atoms with van der Waals surface area (Å²) in [7, 11) is -3.56. The zero-order chi connectivity index (χ0) is 21.8. The van der Waals surface area contributed by atoms with Crippen molar-refractivity contribution in [3.8, 4) is 0 Å². The minimum absolute atomic E-state index is 0.104. The van der Waals surface area contributed by atoms with Gasteiger partial charge in [0.1, 0.15) is 0 Å². The van der Waals surface area contributed by atoms with Crippen LogP contribution in [0.25, 0.3) is 0 Å². The fraction of sp³-hybridized carbons (Fsp3) is 0.304. The second-order valence-corrected chi connectivity index (χ2v) is 9.79. The molecule has 0 aliphatic carbocycles. The van der Waals surface area contributed by atoms with Crippen LogP contribution < -0.4 is 5.32 Å². The van der Waals surface area contributed by atoms with Crippen LogP contribution in [-0.4, -0.2) is 36.9 Å². The molecule has 4 rings (SSSR count). The first kappa shape index (κ1) is 21.3. The zero-order valence-corrected chi connectivity index (χ0v) is 18.1. The molecule has 1 aliphatic rings. The molecule has 1 saturated heterocycles. The predicted molar refractivity (Wildman–Crippen MR) is 117 cm³/mol. The van der Waals surface area contributed by atoms with E-state index in [1.54, 1.807) is 23.4 Å². The summed E-state index contributed by atoms with van der Waals surface area (Å²) in [5.41, 5.74) is 2.39. The Morgan fingerprint density at radius 1 is 1.10 bits per heavy atom. The third kappa shape index (κ3) is 5.03. The highest BCUT2D eigenvalue weighted by Gasteiger charge is 2.29. The van der Waals surface area contributed by atoms with Gasteiger partial charge >= 0.3 is 0 Å². The maximum atomic E-state index is 13.0. The molecule has 7 nitrogen and oxygen atoms in total. The summed E-state index contributed by atoms with van der Waals surface area (Å²) in [6.07, 6.45) is 2.67. The van der Waals surface area contributed by atoms with Crippen molar-refractivity contribution in [1.29, 1.82) is 0 Å². The van der Waals surface area contributed by atoms with E-state index in [4.69, 9.17) is 4.52 Å². The number of aryl methyl sites for hydroxylation is 1. The molecule has 2 heterocycles. The van der Waals surface area contributed by atoms with Gasteiger partial charge in [-0.2, -0.15) is 4.31 Å². The Morgan fingerprint density at radius 3 is 2.39 bits per heavy atom. The number of aromatic nitrogens is 1. The van der Waals surface area contributed by atoms with E-state index in [0.717, 1.165) is 19.3 Å². The van der Waals surface area contributed by atoms with Crippen molar-refractivity contribution in [2.45, 2.75) is 31.1 Å². The highest BCUT2D eigenvalue weighted by Crippen LogP contribution is 2.27. The fourth-order valence-corrected chi connectivity index (χ4v) is 5.29. The number of benzene rings is 2. The molecule has 1 amide bonds. The van der Waals surface area contributed by atoms with Crippen LogP contribution in [0.2, 0.25) is 0 Å². The monoisotopic (exact) mass is 439 g/mol. The first-order valence-electron chi connectivity index (χ1n) is 10.3. The van der Waals surface area contributed by atoms with Gasteiger partial charge in [0.15, 0.2) is 0 Å². The first-order valence-corrected chi connectivity index (χ1v) is 11.7. The first-order chi connectivity index (χ1) is 14.9. The zero-order valence-electron chi connectivity index (χ0n) is 17.3. The summed E-state index contributed by atoms with van der Waals surface area (Å²) >= 11 is 0. The van der Waals surface area contributed by atoms with E-state index in [2.05, 4.69) is 22.6 Å². The van der Waals surface area contributed by atoms with Gasteiger partial charge in [0.05, 0.1) is 10.6 Å². The number of nitrogens with zero attached hydrogens (tertiary/aromatic N) is 2. The summed E-state index contributed by atoms with van der Waals surface area (Å²) < 4.78 is 32.5. The molecule has 1 fully saturated rings. The molecule has 8 heteroatoms. The topological polar surface area (TPSA) is 92.5 Å². The summed E-state index contributed by atoms with van der Waals surface area (Å²) in [5, 5.41) is 6.36. The summed E-state index contributed by atoms with van der Waals surface area (Å²) in [5.74, 6) is 0.162. The molecule has 1 aromatic heterocycles. The molecule has 1 N–H and O–H groups in total. The van der Waals surface area contributed by atoms with E-state index in [9.17, 15) is 13.2 Å². The van der Waals surface area contributed by atoms with Gasteiger partial charge in [-0.25, -0.2) is 8.42 Å². The number of piperidine rings is 1. The molecule has 0 atom stereocenters. The Bertz CT molecular complexity index is 1130. The lowest BCUT2D eigenvalue weighted by molar-refractivity contribution is 0.0988. The molecule has 0 spiro atoms. The minimum atomic E-state index is -3.56. The normalized spacial score (nSPS) is 15.6. The number of nitrogens with one attached hydrogen (secondary N) is 1. The second kappa shape index (κ2) is 9.03. The number of carbonyl (C=O) groups is 1. The average Bonchev–Trinajstić information content (AvgIpc) is 3.22. The van der Waals surface area contributed by atoms with Gasteiger partial charge in [0.25, 0.3) is 5.91 Å². The van der Waals surface area contributed by atoms with Crippen LogP contribution in [0.4, 0.5) is 5.69 Å². The molecule has 3 aromatic rings. The number of hydrogen-bond acceptors (Lipinski definition) is 5. The SMILES string of the molecule is Cc1cc(C(=O)Nc2ccc(S(=O)(=O)N3CCC(Cc4ccccc4)CC3)cc2)on1. The predicted octanol–water partition coefficient (Wildman–Crippen LogP) is 3.88. The van der Waals surface area contributed by atoms with Crippen molar-refractivity contribution < 1.29 is 17.7 Å². The van der Waals surface area contributed by atoms with Crippen molar-refractivity contribution in [1.82, 2.24) is 9.46 Å². The van der Waals surface area contributed by atoms with Crippen molar-refractivity contribution in [2.24, 2.45) is 5.92 Å². The van der Waals surface area contributed by atoms with Crippen LogP contribution in [-0.2, 0) is 16.4 Å². The van der Waals surface area contributed by atoms with E-state index >= 15 is 0 Å². The lowest BCUT2D eigenvalue weighted by Gasteiger charge is -2.31. The van der Waals surface area contributed by atoms with E-state index in [1.807, 2.05) is 18.2 Å². The highest BCUT2D eigenvalue weighted by molar-refractivity contribution is 7.89. The fourth-order valence-electron chi connectivity index (χ4n) is 3.82. The lowest BCUT2D eigenvalue weighted by atomic mass is 9.91. The van der Waals surface area contributed by atoms with Crippen LogP contribution >= 0.6 is 0 Å². The van der Waals surface area contributed by atoms with Gasteiger partial charge < -0.3 is 9.84 Å². The standard InChI is InChI=1S/C23H25N3O4S/c1-17-15-22(30-25-17)23(27)24-20-7-9-21(10-8-20)31(28,29)26-13-11-19(12-14-26)16-18-5-3-2-4-6-18/h2-10,15,19H,11-14,16H2,1H3,(H,24,27). The molecular weight excluding hydrogens is 414 g/mol. The summed E-state index contributed by atoms with van der Waals surface area (Å²) in [6, 6.07) is 18.0. The Kier molecular flexibility index (Phi) is 6.20. The van der Waals surface area contributed by atoms with Crippen molar-refractivity contribution in [3.05, 3.63) is 77.7 Å². The molecule has 0 unspecified atom stereocenters. The summed E-state index contributed by atoms with van der Waals surface area (Å²) in [6.45, 7) is 2.76. The smallest absolute Gasteiger partial charge is 0.294 e. The Morgan fingerprint density at radius 2 is 1.77 bits per heavy atom. The van der Waals surface area contributed by atoms with Gasteiger partial charge in [-0.05, 0) is 61.9 Å². The van der Waals surface area contributed by atoms with Crippen LogP contribution in [0.15, 0.2) is 70.1 Å². The van der Waals surface area contributed by atoms with Crippen LogP contribution in [0.1, 0.15) is 34.7 Å². The Labute approximate surface area is 182 Å². The quantitative estimate of drug-likeness (QED) is 0.629. The van der Waals surface area contributed by atoms with Crippen molar-refractivity contribution in [3.63, 3.8) is 0 Å². The largest absolute Gasteiger partial charge is 0.351 e. The third-order valence-electron chi connectivity index (χ3n) is 5.54. The number of carbonyl (C=O) groups excluding carboxylic acids is 1. The maximum Gasteiger partial charge on any atom is 0.294 e. The Hall–Kier alpha value is -2.97. The average molecular weight is 440 g/mol. The highest BCUT2D eigenvalue weighted by atomic mass is 32.2. The molecule has 31 heavy (non-hydrogen) atoms. The Balaban J connectivity index is 1.36. The van der Waals surface area contributed by atoms with Crippen LogP contribution in [0.3, 0.4) is 0 Å². The number of anilines is 1. The molecular formula is C23H25N3O4S. The van der Waals surface area contributed by atoms with Gasteiger partial charge in [0.2, 0.25) is 15.8 Å². The summed E-state index contributed by atoms with van der Waals surface area (Å²) in [4.78, 5) is 12.4. The van der Waals surface area contributed by atoms with Gasteiger partial charge in [-0.15, -0.1) is 0 Å².